The average molecular weight is 419 g/mol. The van der Waals surface area contributed by atoms with Crippen LogP contribution in [-0.4, -0.2) is 59.1 Å². The summed E-state index contributed by atoms with van der Waals surface area (Å²) < 4.78 is 0. The number of anilines is 1. The van der Waals surface area contributed by atoms with E-state index in [-0.39, 0.29) is 18.5 Å². The molecule has 1 unspecified atom stereocenters. The summed E-state index contributed by atoms with van der Waals surface area (Å²) in [6.07, 6.45) is 2.98. The van der Waals surface area contributed by atoms with Crippen LogP contribution in [0.15, 0.2) is 54.6 Å². The predicted molar refractivity (Wildman–Crippen MR) is 116 cm³/mol. The smallest absolute Gasteiger partial charge is 0.262 e. The van der Waals surface area contributed by atoms with Crippen molar-refractivity contribution in [3.8, 4) is 0 Å². The SMILES string of the molecule is CC1CCCCN1C(=O)CN(C(=O)CN1C(=O)c2ccccc2C1=O)c1ccccc1. The minimum atomic E-state index is -0.488. The van der Waals surface area contributed by atoms with Crippen LogP contribution in [0, 0.1) is 0 Å². The Morgan fingerprint density at radius 2 is 1.55 bits per heavy atom. The third-order valence-corrected chi connectivity index (χ3v) is 5.96. The van der Waals surface area contributed by atoms with Gasteiger partial charge in [-0.05, 0) is 50.5 Å². The van der Waals surface area contributed by atoms with Gasteiger partial charge in [0.05, 0.1) is 11.1 Å². The Labute approximate surface area is 181 Å². The molecule has 4 rings (SSSR count). The molecule has 0 radical (unpaired) electrons. The molecule has 0 aliphatic carbocycles. The van der Waals surface area contributed by atoms with Crippen LogP contribution >= 0.6 is 0 Å². The fraction of sp³-hybridized carbons (Fsp3) is 0.333. The van der Waals surface area contributed by atoms with Gasteiger partial charge in [0, 0.05) is 18.3 Å². The highest BCUT2D eigenvalue weighted by Gasteiger charge is 2.37. The first-order chi connectivity index (χ1) is 15.0. The van der Waals surface area contributed by atoms with Crippen molar-refractivity contribution in [3.63, 3.8) is 0 Å². The van der Waals surface area contributed by atoms with E-state index in [4.69, 9.17) is 0 Å². The standard InChI is InChI=1S/C24H25N3O4/c1-17-9-7-8-14-25(17)21(28)15-26(18-10-3-2-4-11-18)22(29)16-27-23(30)19-12-5-6-13-20(19)24(27)31/h2-6,10-13,17H,7-9,14-16H2,1H3. The number of amides is 4. The monoisotopic (exact) mass is 419 g/mol. The number of carbonyl (C=O) groups is 4. The van der Waals surface area contributed by atoms with Crippen LogP contribution in [0.1, 0.15) is 46.9 Å². The Hall–Kier alpha value is -3.48. The van der Waals surface area contributed by atoms with Crippen molar-refractivity contribution in [1.82, 2.24) is 9.80 Å². The van der Waals surface area contributed by atoms with Crippen molar-refractivity contribution in [1.29, 1.82) is 0 Å². The topological polar surface area (TPSA) is 78.0 Å². The van der Waals surface area contributed by atoms with Crippen LogP contribution < -0.4 is 4.90 Å². The first-order valence-corrected chi connectivity index (χ1v) is 10.6. The lowest BCUT2D eigenvalue weighted by Gasteiger charge is -2.35. The molecule has 1 saturated heterocycles. The second kappa shape index (κ2) is 8.71. The van der Waals surface area contributed by atoms with Gasteiger partial charge >= 0.3 is 0 Å². The van der Waals surface area contributed by atoms with E-state index in [0.717, 1.165) is 24.2 Å². The van der Waals surface area contributed by atoms with E-state index in [0.29, 0.717) is 23.4 Å². The molecule has 0 saturated carbocycles. The summed E-state index contributed by atoms with van der Waals surface area (Å²) in [5.41, 5.74) is 1.15. The minimum Gasteiger partial charge on any atom is -0.338 e. The maximum absolute atomic E-state index is 13.3. The molecule has 2 aliphatic rings. The number of hydrogen-bond donors (Lipinski definition) is 0. The summed E-state index contributed by atoms with van der Waals surface area (Å²) in [7, 11) is 0. The quantitative estimate of drug-likeness (QED) is 0.698. The second-order valence-corrected chi connectivity index (χ2v) is 7.99. The molecular weight excluding hydrogens is 394 g/mol. The van der Waals surface area contributed by atoms with E-state index >= 15 is 0 Å². The summed E-state index contributed by atoms with van der Waals surface area (Å²) in [6.45, 7) is 2.15. The summed E-state index contributed by atoms with van der Waals surface area (Å²) in [6, 6.07) is 15.5. The number of hydrogen-bond acceptors (Lipinski definition) is 4. The van der Waals surface area contributed by atoms with Crippen LogP contribution in [0.4, 0.5) is 5.69 Å². The summed E-state index contributed by atoms with van der Waals surface area (Å²) in [5.74, 6) is -1.58. The molecule has 160 valence electrons. The zero-order chi connectivity index (χ0) is 22.0. The number of nitrogens with zero attached hydrogens (tertiary/aromatic N) is 3. The van der Waals surface area contributed by atoms with Crippen LogP contribution in [-0.2, 0) is 9.59 Å². The van der Waals surface area contributed by atoms with E-state index in [2.05, 4.69) is 0 Å². The van der Waals surface area contributed by atoms with Crippen molar-refractivity contribution >= 4 is 29.3 Å². The molecule has 0 bridgehead atoms. The number of imide groups is 1. The van der Waals surface area contributed by atoms with Gasteiger partial charge in [-0.2, -0.15) is 0 Å². The van der Waals surface area contributed by atoms with Gasteiger partial charge in [-0.25, -0.2) is 0 Å². The van der Waals surface area contributed by atoms with Crippen molar-refractivity contribution in [2.24, 2.45) is 0 Å². The summed E-state index contributed by atoms with van der Waals surface area (Å²) >= 11 is 0. The van der Waals surface area contributed by atoms with Gasteiger partial charge in [0.2, 0.25) is 11.8 Å². The number of fused-ring (bicyclic) bond motifs is 1. The molecule has 1 fully saturated rings. The van der Waals surface area contributed by atoms with Crippen LogP contribution in [0.25, 0.3) is 0 Å². The second-order valence-electron chi connectivity index (χ2n) is 7.99. The van der Waals surface area contributed by atoms with Gasteiger partial charge in [-0.1, -0.05) is 30.3 Å². The zero-order valence-corrected chi connectivity index (χ0v) is 17.5. The molecule has 2 aromatic rings. The fourth-order valence-electron chi connectivity index (χ4n) is 4.23. The molecule has 0 aromatic heterocycles. The lowest BCUT2D eigenvalue weighted by Crippen LogP contribution is -2.50. The summed E-state index contributed by atoms with van der Waals surface area (Å²) in [5, 5.41) is 0. The third-order valence-electron chi connectivity index (χ3n) is 5.96. The minimum absolute atomic E-state index is 0.129. The number of piperidine rings is 1. The summed E-state index contributed by atoms with van der Waals surface area (Å²) in [4.78, 5) is 55.8. The van der Waals surface area contributed by atoms with Gasteiger partial charge in [0.25, 0.3) is 11.8 Å². The molecule has 31 heavy (non-hydrogen) atoms. The molecule has 2 aliphatic heterocycles. The molecule has 0 N–H and O–H groups in total. The van der Waals surface area contributed by atoms with Crippen LogP contribution in [0.3, 0.4) is 0 Å². The first kappa shape index (κ1) is 20.8. The van der Waals surface area contributed by atoms with Gasteiger partial charge in [0.15, 0.2) is 0 Å². The largest absolute Gasteiger partial charge is 0.338 e. The highest BCUT2D eigenvalue weighted by Crippen LogP contribution is 2.24. The lowest BCUT2D eigenvalue weighted by atomic mass is 10.0. The highest BCUT2D eigenvalue weighted by molar-refractivity contribution is 6.22. The normalized spacial score (nSPS) is 18.2. The van der Waals surface area contributed by atoms with Gasteiger partial charge in [-0.3, -0.25) is 24.1 Å². The number of rotatable bonds is 5. The van der Waals surface area contributed by atoms with Crippen molar-refractivity contribution in [3.05, 3.63) is 65.7 Å². The fourth-order valence-corrected chi connectivity index (χ4v) is 4.23. The van der Waals surface area contributed by atoms with Crippen LogP contribution in [0.5, 0.6) is 0 Å². The first-order valence-electron chi connectivity index (χ1n) is 10.6. The molecule has 4 amide bonds. The van der Waals surface area contributed by atoms with Crippen molar-refractivity contribution in [2.45, 2.75) is 32.2 Å². The number of benzene rings is 2. The third kappa shape index (κ3) is 4.08. The van der Waals surface area contributed by atoms with E-state index in [1.165, 1.54) is 4.90 Å². The average Bonchev–Trinajstić information content (AvgIpc) is 3.03. The van der Waals surface area contributed by atoms with Gasteiger partial charge in [-0.15, -0.1) is 0 Å². The predicted octanol–water partition coefficient (Wildman–Crippen LogP) is 2.72. The molecule has 7 heteroatoms. The molecule has 2 aromatic carbocycles. The van der Waals surface area contributed by atoms with Crippen molar-refractivity contribution < 1.29 is 19.2 Å². The maximum atomic E-state index is 13.3. The Balaban J connectivity index is 1.55. The molecule has 1 atom stereocenters. The van der Waals surface area contributed by atoms with E-state index < -0.39 is 24.3 Å². The molecule has 7 nitrogen and oxygen atoms in total. The van der Waals surface area contributed by atoms with Gasteiger partial charge < -0.3 is 9.80 Å². The lowest BCUT2D eigenvalue weighted by molar-refractivity contribution is -0.134. The van der Waals surface area contributed by atoms with E-state index in [1.54, 1.807) is 48.5 Å². The number of para-hydroxylation sites is 1. The maximum Gasteiger partial charge on any atom is 0.262 e. The van der Waals surface area contributed by atoms with Crippen molar-refractivity contribution in [2.75, 3.05) is 24.5 Å². The molecule has 0 spiro atoms. The number of likely N-dealkylation sites (tertiary alicyclic amines) is 1. The van der Waals surface area contributed by atoms with E-state index in [1.807, 2.05) is 17.9 Å². The molecular formula is C24H25N3O4. The Kier molecular flexibility index (Phi) is 5.84. The molecule has 2 heterocycles. The van der Waals surface area contributed by atoms with Crippen LogP contribution in [0.2, 0.25) is 0 Å². The van der Waals surface area contributed by atoms with Gasteiger partial charge in [0.1, 0.15) is 13.1 Å². The zero-order valence-electron chi connectivity index (χ0n) is 17.5. The van der Waals surface area contributed by atoms with E-state index in [9.17, 15) is 19.2 Å². The Morgan fingerprint density at radius 3 is 2.16 bits per heavy atom. The Bertz CT molecular complexity index is 985. The number of carbonyl (C=O) groups excluding carboxylic acids is 4. The Morgan fingerprint density at radius 1 is 0.935 bits per heavy atom. The highest BCUT2D eigenvalue weighted by atomic mass is 16.2.